The van der Waals surface area contributed by atoms with Gasteiger partial charge < -0.3 is 5.11 Å². The Balaban J connectivity index is 2.65. The summed E-state index contributed by atoms with van der Waals surface area (Å²) in [6.45, 7) is 14.4. The van der Waals surface area contributed by atoms with Crippen molar-refractivity contribution >= 4 is 8.07 Å². The smallest absolute Gasteiger partial charge is 0.0853 e. The van der Waals surface area contributed by atoms with Crippen LogP contribution in [-0.2, 0) is 0 Å². The molecular weight excluding hydrogens is 332 g/mol. The summed E-state index contributed by atoms with van der Waals surface area (Å²) in [6.07, 6.45) is 17.7. The van der Waals surface area contributed by atoms with Crippen molar-refractivity contribution in [3.63, 3.8) is 0 Å². The quantitative estimate of drug-likeness (QED) is 0.283. The standard InChI is InChI=1S/C24H48OSi/c1-7-8-9-10-11-12-13-15-18-22(21-26(5,6)23(2,3)4)24(25)19-16-14-17-20-24/h21,25H,7-20H2,1-6H3/b22-21+. The van der Waals surface area contributed by atoms with Gasteiger partial charge in [-0.25, -0.2) is 0 Å². The van der Waals surface area contributed by atoms with Crippen LogP contribution in [0.4, 0.5) is 0 Å². The van der Waals surface area contributed by atoms with E-state index in [1.165, 1.54) is 76.2 Å². The Hall–Kier alpha value is -0.0831. The molecule has 0 amide bonds. The van der Waals surface area contributed by atoms with Crippen LogP contribution in [0.25, 0.3) is 0 Å². The van der Waals surface area contributed by atoms with Gasteiger partial charge in [-0.05, 0) is 36.3 Å². The molecule has 1 saturated carbocycles. The van der Waals surface area contributed by atoms with Gasteiger partial charge in [0.2, 0.25) is 0 Å². The molecular formula is C24H48OSi. The summed E-state index contributed by atoms with van der Waals surface area (Å²) in [4.78, 5) is 0. The van der Waals surface area contributed by atoms with Crippen LogP contribution in [0.1, 0.15) is 118 Å². The van der Waals surface area contributed by atoms with Crippen LogP contribution in [0.2, 0.25) is 18.1 Å². The van der Waals surface area contributed by atoms with Gasteiger partial charge in [-0.3, -0.25) is 0 Å². The molecule has 1 N–H and O–H groups in total. The number of hydrogen-bond donors (Lipinski definition) is 1. The Labute approximate surface area is 166 Å². The monoisotopic (exact) mass is 380 g/mol. The third kappa shape index (κ3) is 7.88. The van der Waals surface area contributed by atoms with Crippen molar-refractivity contribution in [2.24, 2.45) is 0 Å². The van der Waals surface area contributed by atoms with Gasteiger partial charge in [0.25, 0.3) is 0 Å². The minimum atomic E-state index is -1.51. The number of rotatable bonds is 11. The lowest BCUT2D eigenvalue weighted by Gasteiger charge is -2.40. The maximum Gasteiger partial charge on any atom is 0.0853 e. The van der Waals surface area contributed by atoms with E-state index in [2.05, 4.69) is 46.5 Å². The van der Waals surface area contributed by atoms with E-state index in [0.29, 0.717) is 5.04 Å². The van der Waals surface area contributed by atoms with Crippen molar-refractivity contribution in [2.75, 3.05) is 0 Å². The van der Waals surface area contributed by atoms with E-state index < -0.39 is 13.7 Å². The second kappa shape index (κ2) is 11.0. The molecule has 0 heterocycles. The van der Waals surface area contributed by atoms with E-state index in [0.717, 1.165) is 19.3 Å². The molecule has 0 atom stereocenters. The second-order valence-corrected chi connectivity index (χ2v) is 15.7. The highest BCUT2D eigenvalue weighted by molar-refractivity contribution is 6.84. The first-order chi connectivity index (χ1) is 12.1. The van der Waals surface area contributed by atoms with Crippen LogP contribution in [-0.4, -0.2) is 18.8 Å². The minimum absolute atomic E-state index is 0.350. The Morgan fingerprint density at radius 3 is 1.88 bits per heavy atom. The molecule has 0 radical (unpaired) electrons. The average molecular weight is 381 g/mol. The molecule has 1 aliphatic carbocycles. The molecule has 1 nitrogen and oxygen atoms in total. The lowest BCUT2D eigenvalue weighted by molar-refractivity contribution is 0.0362. The molecule has 0 aromatic heterocycles. The normalized spacial score (nSPS) is 19.0. The van der Waals surface area contributed by atoms with E-state index >= 15 is 0 Å². The van der Waals surface area contributed by atoms with Gasteiger partial charge in [0.1, 0.15) is 0 Å². The highest BCUT2D eigenvalue weighted by Crippen LogP contribution is 2.42. The Morgan fingerprint density at radius 1 is 0.885 bits per heavy atom. The van der Waals surface area contributed by atoms with Crippen molar-refractivity contribution < 1.29 is 5.11 Å². The van der Waals surface area contributed by atoms with Crippen LogP contribution in [0.5, 0.6) is 0 Å². The average Bonchev–Trinajstić information content (AvgIpc) is 2.55. The number of aliphatic hydroxyl groups is 1. The third-order valence-electron chi connectivity index (χ3n) is 7.05. The molecule has 1 fully saturated rings. The van der Waals surface area contributed by atoms with Gasteiger partial charge in [-0.2, -0.15) is 0 Å². The van der Waals surface area contributed by atoms with Gasteiger partial charge in [0.15, 0.2) is 0 Å². The molecule has 0 aliphatic heterocycles. The molecule has 0 aromatic carbocycles. The maximum absolute atomic E-state index is 11.4. The summed E-state index contributed by atoms with van der Waals surface area (Å²) in [5.74, 6) is 0. The van der Waals surface area contributed by atoms with E-state index in [-0.39, 0.29) is 0 Å². The van der Waals surface area contributed by atoms with Crippen molar-refractivity contribution in [1.29, 1.82) is 0 Å². The largest absolute Gasteiger partial charge is 0.386 e. The van der Waals surface area contributed by atoms with Gasteiger partial charge in [0.05, 0.1) is 13.7 Å². The predicted octanol–water partition coefficient (Wildman–Crippen LogP) is 8.19. The zero-order valence-electron chi connectivity index (χ0n) is 18.9. The van der Waals surface area contributed by atoms with Crippen LogP contribution >= 0.6 is 0 Å². The van der Waals surface area contributed by atoms with Gasteiger partial charge in [-0.1, -0.05) is 111 Å². The second-order valence-electron chi connectivity index (χ2n) is 10.5. The summed E-state index contributed by atoms with van der Waals surface area (Å²) < 4.78 is 0. The van der Waals surface area contributed by atoms with Crippen LogP contribution < -0.4 is 0 Å². The Bertz CT molecular complexity index is 410. The molecule has 0 unspecified atom stereocenters. The maximum atomic E-state index is 11.4. The Kier molecular flexibility index (Phi) is 10.2. The summed E-state index contributed by atoms with van der Waals surface area (Å²) in [5, 5.41) is 11.8. The van der Waals surface area contributed by atoms with Crippen molar-refractivity contribution in [3.8, 4) is 0 Å². The summed E-state index contributed by atoms with van der Waals surface area (Å²) >= 11 is 0. The van der Waals surface area contributed by atoms with Crippen molar-refractivity contribution in [2.45, 2.75) is 141 Å². The van der Waals surface area contributed by atoms with Crippen LogP contribution in [0.3, 0.4) is 0 Å². The zero-order chi connectivity index (χ0) is 19.7. The lowest BCUT2D eigenvalue weighted by Crippen LogP contribution is -2.40. The topological polar surface area (TPSA) is 20.2 Å². The first-order valence-electron chi connectivity index (χ1n) is 11.6. The predicted molar refractivity (Wildman–Crippen MR) is 121 cm³/mol. The van der Waals surface area contributed by atoms with Crippen molar-refractivity contribution in [3.05, 3.63) is 11.3 Å². The molecule has 0 saturated heterocycles. The van der Waals surface area contributed by atoms with Gasteiger partial charge >= 0.3 is 0 Å². The molecule has 1 rings (SSSR count). The minimum Gasteiger partial charge on any atom is -0.386 e. The fraction of sp³-hybridized carbons (Fsp3) is 0.917. The van der Waals surface area contributed by atoms with E-state index in [1.807, 2.05) is 0 Å². The van der Waals surface area contributed by atoms with E-state index in [4.69, 9.17) is 0 Å². The fourth-order valence-electron chi connectivity index (χ4n) is 4.00. The first-order valence-corrected chi connectivity index (χ1v) is 14.6. The molecule has 0 spiro atoms. The summed E-state index contributed by atoms with van der Waals surface area (Å²) in [6, 6.07) is 0. The number of hydrogen-bond acceptors (Lipinski definition) is 1. The van der Waals surface area contributed by atoms with Gasteiger partial charge in [-0.15, -0.1) is 0 Å². The van der Waals surface area contributed by atoms with E-state index in [9.17, 15) is 5.11 Å². The van der Waals surface area contributed by atoms with Crippen LogP contribution in [0, 0.1) is 0 Å². The van der Waals surface area contributed by atoms with Gasteiger partial charge in [0, 0.05) is 0 Å². The zero-order valence-corrected chi connectivity index (χ0v) is 19.9. The van der Waals surface area contributed by atoms with Crippen molar-refractivity contribution in [1.82, 2.24) is 0 Å². The summed E-state index contributed by atoms with van der Waals surface area (Å²) in [5.41, 5.74) is 3.52. The fourth-order valence-corrected chi connectivity index (χ4v) is 5.72. The SMILES string of the molecule is CCCCCCCCCC/C(=C\[Si](C)(C)C(C)(C)C)C1(O)CCCCC1. The molecule has 1 aliphatic rings. The highest BCUT2D eigenvalue weighted by Gasteiger charge is 2.38. The first kappa shape index (κ1) is 24.0. The third-order valence-corrected chi connectivity index (χ3v) is 12.0. The molecule has 154 valence electrons. The lowest BCUT2D eigenvalue weighted by atomic mass is 9.78. The number of unbranched alkanes of at least 4 members (excludes halogenated alkanes) is 7. The summed E-state index contributed by atoms with van der Waals surface area (Å²) in [7, 11) is -1.51. The Morgan fingerprint density at radius 2 is 1.38 bits per heavy atom. The molecule has 26 heavy (non-hydrogen) atoms. The molecule has 0 aromatic rings. The van der Waals surface area contributed by atoms with E-state index in [1.54, 1.807) is 0 Å². The van der Waals surface area contributed by atoms with Crippen LogP contribution in [0.15, 0.2) is 11.3 Å². The molecule has 2 heteroatoms. The highest BCUT2D eigenvalue weighted by atomic mass is 28.3. The molecule has 0 bridgehead atoms.